The summed E-state index contributed by atoms with van der Waals surface area (Å²) in [4.78, 5) is 13.2. The summed E-state index contributed by atoms with van der Waals surface area (Å²) in [5.74, 6) is -0.684. The highest BCUT2D eigenvalue weighted by molar-refractivity contribution is 5.70. The normalized spacial score (nSPS) is 17.4. The lowest BCUT2D eigenvalue weighted by atomic mass is 9.87. The molecule has 0 aliphatic carbocycles. The van der Waals surface area contributed by atoms with Crippen LogP contribution in [0.4, 0.5) is 0 Å². The molecule has 0 bridgehead atoms. The SMILES string of the molecule is CC(C(=O)O)C1CN(Cc2cnn(-c3ccccc3)c2)C1. The van der Waals surface area contributed by atoms with Gasteiger partial charge in [0.15, 0.2) is 0 Å². The summed E-state index contributed by atoms with van der Waals surface area (Å²) in [6.45, 7) is 4.32. The zero-order chi connectivity index (χ0) is 14.8. The highest BCUT2D eigenvalue weighted by atomic mass is 16.4. The van der Waals surface area contributed by atoms with Crippen LogP contribution in [-0.4, -0.2) is 38.8 Å². The van der Waals surface area contributed by atoms with Crippen molar-refractivity contribution in [3.8, 4) is 5.69 Å². The maximum atomic E-state index is 10.9. The Morgan fingerprint density at radius 2 is 2.10 bits per heavy atom. The Balaban J connectivity index is 1.56. The Morgan fingerprint density at radius 3 is 2.76 bits per heavy atom. The first-order valence-electron chi connectivity index (χ1n) is 7.17. The van der Waals surface area contributed by atoms with Gasteiger partial charge in [0.25, 0.3) is 0 Å². The molecule has 1 fully saturated rings. The zero-order valence-electron chi connectivity index (χ0n) is 12.0. The van der Waals surface area contributed by atoms with Crippen LogP contribution in [0.2, 0.25) is 0 Å². The fourth-order valence-corrected chi connectivity index (χ4v) is 2.68. The summed E-state index contributed by atoms with van der Waals surface area (Å²) >= 11 is 0. The number of carboxylic acid groups (broad SMARTS) is 1. The maximum Gasteiger partial charge on any atom is 0.306 e. The smallest absolute Gasteiger partial charge is 0.306 e. The Labute approximate surface area is 123 Å². The van der Waals surface area contributed by atoms with E-state index in [-0.39, 0.29) is 11.8 Å². The molecule has 0 saturated carbocycles. The predicted octanol–water partition coefficient (Wildman–Crippen LogP) is 2.02. The first-order chi connectivity index (χ1) is 10.1. The van der Waals surface area contributed by atoms with Gasteiger partial charge in [-0.15, -0.1) is 0 Å². The molecule has 1 aromatic heterocycles. The molecule has 0 radical (unpaired) electrons. The number of carbonyl (C=O) groups is 1. The molecule has 3 rings (SSSR count). The largest absolute Gasteiger partial charge is 0.481 e. The second kappa shape index (κ2) is 5.69. The number of nitrogens with zero attached hydrogens (tertiary/aromatic N) is 3. The number of para-hydroxylation sites is 1. The van der Waals surface area contributed by atoms with E-state index in [4.69, 9.17) is 5.11 Å². The van der Waals surface area contributed by atoms with Crippen LogP contribution in [0.15, 0.2) is 42.7 Å². The summed E-state index contributed by atoms with van der Waals surface area (Å²) in [5.41, 5.74) is 2.20. The number of hydrogen-bond donors (Lipinski definition) is 1. The predicted molar refractivity (Wildman–Crippen MR) is 79.1 cm³/mol. The molecule has 1 aliphatic heterocycles. The van der Waals surface area contributed by atoms with Gasteiger partial charge in [0, 0.05) is 31.4 Å². The molecule has 21 heavy (non-hydrogen) atoms. The van der Waals surface area contributed by atoms with Crippen molar-refractivity contribution in [1.82, 2.24) is 14.7 Å². The molecule has 5 nitrogen and oxygen atoms in total. The van der Waals surface area contributed by atoms with Gasteiger partial charge >= 0.3 is 5.97 Å². The number of hydrogen-bond acceptors (Lipinski definition) is 3. The highest BCUT2D eigenvalue weighted by Gasteiger charge is 2.34. The van der Waals surface area contributed by atoms with Crippen LogP contribution in [0.5, 0.6) is 0 Å². The average Bonchev–Trinajstić information content (AvgIpc) is 2.91. The van der Waals surface area contributed by atoms with E-state index >= 15 is 0 Å². The average molecular weight is 285 g/mol. The van der Waals surface area contributed by atoms with Gasteiger partial charge < -0.3 is 5.11 Å². The fraction of sp³-hybridized carbons (Fsp3) is 0.375. The third-order valence-corrected chi connectivity index (χ3v) is 4.15. The quantitative estimate of drug-likeness (QED) is 0.913. The van der Waals surface area contributed by atoms with Gasteiger partial charge in [-0.1, -0.05) is 25.1 Å². The number of likely N-dealkylation sites (tertiary alicyclic amines) is 1. The van der Waals surface area contributed by atoms with Crippen LogP contribution in [-0.2, 0) is 11.3 Å². The number of carboxylic acids is 1. The van der Waals surface area contributed by atoms with Crippen molar-refractivity contribution in [2.45, 2.75) is 13.5 Å². The highest BCUT2D eigenvalue weighted by Crippen LogP contribution is 2.25. The topological polar surface area (TPSA) is 58.4 Å². The van der Waals surface area contributed by atoms with Crippen molar-refractivity contribution in [2.75, 3.05) is 13.1 Å². The molecule has 1 atom stereocenters. The Morgan fingerprint density at radius 1 is 1.38 bits per heavy atom. The first-order valence-corrected chi connectivity index (χ1v) is 7.17. The van der Waals surface area contributed by atoms with Gasteiger partial charge in [0.2, 0.25) is 0 Å². The molecule has 1 saturated heterocycles. The number of rotatable bonds is 5. The molecule has 0 amide bonds. The summed E-state index contributed by atoms with van der Waals surface area (Å²) in [7, 11) is 0. The van der Waals surface area contributed by atoms with Crippen molar-refractivity contribution in [1.29, 1.82) is 0 Å². The number of aromatic nitrogens is 2. The van der Waals surface area contributed by atoms with Crippen LogP contribution >= 0.6 is 0 Å². The van der Waals surface area contributed by atoms with Gasteiger partial charge in [0.1, 0.15) is 0 Å². The molecule has 110 valence electrons. The minimum Gasteiger partial charge on any atom is -0.481 e. The van der Waals surface area contributed by atoms with Crippen LogP contribution in [0.3, 0.4) is 0 Å². The lowest BCUT2D eigenvalue weighted by molar-refractivity contribution is -0.145. The Hall–Kier alpha value is -2.14. The van der Waals surface area contributed by atoms with E-state index in [2.05, 4.69) is 10.00 Å². The van der Waals surface area contributed by atoms with Crippen molar-refractivity contribution in [2.24, 2.45) is 11.8 Å². The lowest BCUT2D eigenvalue weighted by Gasteiger charge is -2.41. The lowest BCUT2D eigenvalue weighted by Crippen LogP contribution is -2.50. The minimum absolute atomic E-state index is 0.256. The van der Waals surface area contributed by atoms with E-state index in [0.29, 0.717) is 0 Å². The van der Waals surface area contributed by atoms with Gasteiger partial charge in [-0.25, -0.2) is 4.68 Å². The molecule has 1 unspecified atom stereocenters. The summed E-state index contributed by atoms with van der Waals surface area (Å²) in [6.07, 6.45) is 3.91. The van der Waals surface area contributed by atoms with E-state index < -0.39 is 5.97 Å². The van der Waals surface area contributed by atoms with E-state index in [9.17, 15) is 4.79 Å². The third-order valence-electron chi connectivity index (χ3n) is 4.15. The summed E-state index contributed by atoms with van der Waals surface area (Å²) < 4.78 is 1.87. The van der Waals surface area contributed by atoms with Crippen LogP contribution in [0.25, 0.3) is 5.69 Å². The fourth-order valence-electron chi connectivity index (χ4n) is 2.68. The van der Waals surface area contributed by atoms with Crippen LogP contribution in [0.1, 0.15) is 12.5 Å². The van der Waals surface area contributed by atoms with E-state index in [1.54, 1.807) is 6.92 Å². The standard InChI is InChI=1S/C16H19N3O2/c1-12(16(20)21)14-10-18(11-14)8-13-7-17-19(9-13)15-5-3-2-4-6-15/h2-7,9,12,14H,8,10-11H2,1H3,(H,20,21). The van der Waals surface area contributed by atoms with E-state index in [1.807, 2.05) is 47.4 Å². The third kappa shape index (κ3) is 2.97. The molecule has 5 heteroatoms. The van der Waals surface area contributed by atoms with Crippen molar-refractivity contribution < 1.29 is 9.90 Å². The Kier molecular flexibility index (Phi) is 3.75. The van der Waals surface area contributed by atoms with Crippen molar-refractivity contribution in [3.05, 3.63) is 48.3 Å². The van der Waals surface area contributed by atoms with Crippen molar-refractivity contribution >= 4 is 5.97 Å². The molecule has 2 aromatic rings. The number of aliphatic carboxylic acids is 1. The Bertz CT molecular complexity index is 617. The van der Waals surface area contributed by atoms with Gasteiger partial charge in [-0.2, -0.15) is 5.10 Å². The second-order valence-electron chi connectivity index (χ2n) is 5.71. The molecule has 1 aliphatic rings. The van der Waals surface area contributed by atoms with E-state index in [1.165, 1.54) is 0 Å². The monoisotopic (exact) mass is 285 g/mol. The zero-order valence-corrected chi connectivity index (χ0v) is 12.0. The molecule has 1 N–H and O–H groups in total. The second-order valence-corrected chi connectivity index (χ2v) is 5.71. The molecule has 0 spiro atoms. The maximum absolute atomic E-state index is 10.9. The first kappa shape index (κ1) is 13.8. The van der Waals surface area contributed by atoms with E-state index in [0.717, 1.165) is 30.9 Å². The van der Waals surface area contributed by atoms with Gasteiger partial charge in [0.05, 0.1) is 17.8 Å². The summed E-state index contributed by atoms with van der Waals surface area (Å²) in [6, 6.07) is 10.0. The molecular weight excluding hydrogens is 266 g/mol. The molecular formula is C16H19N3O2. The van der Waals surface area contributed by atoms with Crippen molar-refractivity contribution in [3.63, 3.8) is 0 Å². The number of benzene rings is 1. The van der Waals surface area contributed by atoms with Crippen LogP contribution < -0.4 is 0 Å². The summed E-state index contributed by atoms with van der Waals surface area (Å²) in [5, 5.41) is 13.4. The minimum atomic E-state index is -0.698. The van der Waals surface area contributed by atoms with Gasteiger partial charge in [-0.05, 0) is 18.1 Å². The molecule has 1 aromatic carbocycles. The van der Waals surface area contributed by atoms with Gasteiger partial charge in [-0.3, -0.25) is 9.69 Å². The van der Waals surface area contributed by atoms with Crippen LogP contribution in [0, 0.1) is 11.8 Å². The molecule has 2 heterocycles.